The number of nitrogens with zero attached hydrogens (tertiary/aromatic N) is 1. The second-order valence-corrected chi connectivity index (χ2v) is 10.4. The van der Waals surface area contributed by atoms with Gasteiger partial charge in [-0.3, -0.25) is 15.3 Å². The maximum absolute atomic E-state index is 13.9. The van der Waals surface area contributed by atoms with E-state index in [1.165, 1.54) is 24.3 Å². The highest BCUT2D eigenvalue weighted by Gasteiger charge is 2.34. The predicted octanol–water partition coefficient (Wildman–Crippen LogP) is 6.55. The molecule has 0 aromatic heterocycles. The van der Waals surface area contributed by atoms with E-state index in [0.717, 1.165) is 12.1 Å². The standard InChI is InChI=1S/C20H19BrClF4N3O4S/c1-19(2,34(27)32)8-4-6-14(18-12(22)5-3-7-17(18)33-20(24,25)26)28-15-9-11(21)13(23)10-16(15)29(30)31/h3-5,7-10,14,28H,6,27H2,1-2H3/b8-4-/t14-,34?/m1/s1. The number of nitrogens with two attached hydrogens (primary N) is 1. The van der Waals surface area contributed by atoms with Gasteiger partial charge in [-0.1, -0.05) is 29.8 Å². The number of ether oxygens (including phenoxy) is 1. The third-order valence-corrected chi connectivity index (χ3v) is 6.67. The van der Waals surface area contributed by atoms with Crippen LogP contribution in [0.2, 0.25) is 5.02 Å². The molecular formula is C20H19BrClF4N3O4S. The highest BCUT2D eigenvalue weighted by molar-refractivity contribution is 9.10. The minimum Gasteiger partial charge on any atom is -0.405 e. The second-order valence-electron chi connectivity index (χ2n) is 7.48. The number of rotatable bonds is 9. The average molecular weight is 589 g/mol. The monoisotopic (exact) mass is 587 g/mol. The molecule has 2 aromatic rings. The lowest BCUT2D eigenvalue weighted by Gasteiger charge is -2.24. The number of nitrogens with one attached hydrogen (secondary N) is 1. The molecule has 2 atom stereocenters. The molecule has 0 aliphatic rings. The van der Waals surface area contributed by atoms with Crippen LogP contribution < -0.4 is 15.2 Å². The summed E-state index contributed by atoms with van der Waals surface area (Å²) in [6.45, 7) is 3.16. The lowest BCUT2D eigenvalue weighted by atomic mass is 10.00. The average Bonchev–Trinajstić information content (AvgIpc) is 2.68. The Morgan fingerprint density at radius 1 is 1.35 bits per heavy atom. The molecule has 0 bridgehead atoms. The van der Waals surface area contributed by atoms with E-state index in [1.807, 2.05) is 0 Å². The SMILES string of the molecule is CC(C)(/C=C\C[C@@H](Nc1cc(Br)c(F)cc1[N+](=O)[O-])c1c(Cl)cccc1OC(F)(F)F)S(N)=O. The van der Waals surface area contributed by atoms with Crippen molar-refractivity contribution in [2.45, 2.75) is 37.4 Å². The van der Waals surface area contributed by atoms with Crippen molar-refractivity contribution in [2.75, 3.05) is 5.32 Å². The molecule has 0 heterocycles. The second kappa shape index (κ2) is 11.0. The molecule has 0 aliphatic heterocycles. The molecule has 0 amide bonds. The van der Waals surface area contributed by atoms with Gasteiger partial charge in [-0.25, -0.2) is 8.60 Å². The van der Waals surface area contributed by atoms with Crippen molar-refractivity contribution in [3.8, 4) is 5.75 Å². The third-order valence-electron chi connectivity index (χ3n) is 4.56. The van der Waals surface area contributed by atoms with Gasteiger partial charge in [0.05, 0.1) is 37.2 Å². The molecule has 14 heteroatoms. The van der Waals surface area contributed by atoms with Gasteiger partial charge in [0, 0.05) is 10.6 Å². The number of benzene rings is 2. The van der Waals surface area contributed by atoms with Crippen LogP contribution in [0.3, 0.4) is 0 Å². The molecule has 0 aliphatic carbocycles. The van der Waals surface area contributed by atoms with E-state index in [0.29, 0.717) is 6.07 Å². The summed E-state index contributed by atoms with van der Waals surface area (Å²) in [6, 6.07) is 4.26. The minimum absolute atomic E-state index is 0.0786. The Kier molecular flexibility index (Phi) is 9.08. The normalized spacial score (nSPS) is 14.1. The largest absolute Gasteiger partial charge is 0.573 e. The van der Waals surface area contributed by atoms with Gasteiger partial charge < -0.3 is 10.1 Å². The quantitative estimate of drug-likeness (QED) is 0.150. The fourth-order valence-corrected chi connectivity index (χ4v) is 3.74. The van der Waals surface area contributed by atoms with Crippen LogP contribution in [0.25, 0.3) is 0 Å². The zero-order chi connectivity index (χ0) is 25.8. The molecule has 0 radical (unpaired) electrons. The molecule has 186 valence electrons. The van der Waals surface area contributed by atoms with Gasteiger partial charge in [0.2, 0.25) is 0 Å². The number of anilines is 1. The summed E-state index contributed by atoms with van der Waals surface area (Å²) in [4.78, 5) is 10.6. The summed E-state index contributed by atoms with van der Waals surface area (Å²) < 4.78 is 67.7. The Hall–Kier alpha value is -2.22. The highest BCUT2D eigenvalue weighted by atomic mass is 79.9. The first-order valence-corrected chi connectivity index (χ1v) is 11.8. The van der Waals surface area contributed by atoms with Crippen LogP contribution >= 0.6 is 27.5 Å². The number of halogens is 6. The first-order valence-electron chi connectivity index (χ1n) is 9.40. The van der Waals surface area contributed by atoms with Crippen LogP contribution in [0.4, 0.5) is 28.9 Å². The van der Waals surface area contributed by atoms with Gasteiger partial charge in [-0.15, -0.1) is 13.2 Å². The van der Waals surface area contributed by atoms with E-state index in [4.69, 9.17) is 16.7 Å². The van der Waals surface area contributed by atoms with E-state index in [2.05, 4.69) is 26.0 Å². The topological polar surface area (TPSA) is 107 Å². The lowest BCUT2D eigenvalue weighted by Crippen LogP contribution is -2.29. The van der Waals surface area contributed by atoms with Gasteiger partial charge in [-0.05, 0) is 54.4 Å². The van der Waals surface area contributed by atoms with Crippen LogP contribution in [0.15, 0.2) is 47.0 Å². The Morgan fingerprint density at radius 2 is 2.00 bits per heavy atom. The van der Waals surface area contributed by atoms with Gasteiger partial charge >= 0.3 is 6.36 Å². The van der Waals surface area contributed by atoms with E-state index < -0.39 is 50.3 Å². The number of hydrogen-bond donors (Lipinski definition) is 2. The fourth-order valence-electron chi connectivity index (χ4n) is 2.86. The first-order chi connectivity index (χ1) is 15.6. The zero-order valence-electron chi connectivity index (χ0n) is 17.7. The van der Waals surface area contributed by atoms with Crippen LogP contribution in [0.1, 0.15) is 31.9 Å². The smallest absolute Gasteiger partial charge is 0.405 e. The number of nitro benzene ring substituents is 1. The molecule has 1 unspecified atom stereocenters. The fraction of sp³-hybridized carbons (Fsp3) is 0.300. The van der Waals surface area contributed by atoms with Gasteiger partial charge in [0.15, 0.2) is 0 Å². The predicted molar refractivity (Wildman–Crippen MR) is 125 cm³/mol. The van der Waals surface area contributed by atoms with E-state index in [-0.39, 0.29) is 27.2 Å². The van der Waals surface area contributed by atoms with Crippen molar-refractivity contribution < 1.29 is 31.4 Å². The first kappa shape index (κ1) is 28.0. The summed E-state index contributed by atoms with van der Waals surface area (Å²) in [5.74, 6) is -1.53. The number of nitro groups is 1. The molecular weight excluding hydrogens is 570 g/mol. The maximum Gasteiger partial charge on any atom is 0.573 e. The van der Waals surface area contributed by atoms with Crippen LogP contribution in [-0.2, 0) is 11.0 Å². The summed E-state index contributed by atoms with van der Waals surface area (Å²) in [6.07, 6.45) is -2.13. The Bertz CT molecular complexity index is 1130. The van der Waals surface area contributed by atoms with Crippen molar-refractivity contribution >= 4 is 49.9 Å². The Balaban J connectivity index is 2.62. The van der Waals surface area contributed by atoms with Crippen molar-refractivity contribution in [1.29, 1.82) is 0 Å². The van der Waals surface area contributed by atoms with Crippen molar-refractivity contribution in [3.63, 3.8) is 0 Å². The molecule has 2 rings (SSSR count). The maximum atomic E-state index is 13.9. The molecule has 3 N–H and O–H groups in total. The Morgan fingerprint density at radius 3 is 2.56 bits per heavy atom. The molecule has 0 saturated carbocycles. The summed E-state index contributed by atoms with van der Waals surface area (Å²) in [5.41, 5.74) is -0.979. The minimum atomic E-state index is -5.04. The van der Waals surface area contributed by atoms with Crippen molar-refractivity contribution in [2.24, 2.45) is 5.14 Å². The van der Waals surface area contributed by atoms with E-state index >= 15 is 0 Å². The molecule has 0 fully saturated rings. The molecule has 2 aromatic carbocycles. The highest BCUT2D eigenvalue weighted by Crippen LogP contribution is 2.41. The molecule has 7 nitrogen and oxygen atoms in total. The van der Waals surface area contributed by atoms with E-state index in [9.17, 15) is 31.9 Å². The van der Waals surface area contributed by atoms with E-state index in [1.54, 1.807) is 13.8 Å². The third kappa shape index (κ3) is 7.39. The molecule has 0 spiro atoms. The van der Waals surface area contributed by atoms with Gasteiger partial charge in [-0.2, -0.15) is 0 Å². The summed E-state index contributed by atoms with van der Waals surface area (Å²) in [7, 11) is -1.75. The van der Waals surface area contributed by atoms with Crippen LogP contribution in [0.5, 0.6) is 5.75 Å². The lowest BCUT2D eigenvalue weighted by molar-refractivity contribution is -0.384. The number of alkyl halides is 3. The summed E-state index contributed by atoms with van der Waals surface area (Å²) in [5, 5.41) is 19.6. The van der Waals surface area contributed by atoms with Crippen molar-refractivity contribution in [1.82, 2.24) is 0 Å². The Labute approximate surface area is 208 Å². The van der Waals surface area contributed by atoms with Crippen LogP contribution in [-0.4, -0.2) is 20.2 Å². The molecule has 0 saturated heterocycles. The molecule has 34 heavy (non-hydrogen) atoms. The van der Waals surface area contributed by atoms with Gasteiger partial charge in [0.25, 0.3) is 5.69 Å². The van der Waals surface area contributed by atoms with Gasteiger partial charge in [0.1, 0.15) is 17.3 Å². The number of hydrogen-bond acceptors (Lipinski definition) is 5. The van der Waals surface area contributed by atoms with Crippen molar-refractivity contribution in [3.05, 3.63) is 73.5 Å². The summed E-state index contributed by atoms with van der Waals surface area (Å²) >= 11 is 9.15. The zero-order valence-corrected chi connectivity index (χ0v) is 20.8. The van der Waals surface area contributed by atoms with Crippen LogP contribution in [0, 0.1) is 15.9 Å².